The molecular formula is C15H14N2O3S. The molecule has 0 unspecified atom stereocenters. The molecule has 0 aliphatic carbocycles. The molecule has 1 N–H and O–H groups in total. The van der Waals surface area contributed by atoms with Crippen molar-refractivity contribution in [3.8, 4) is 0 Å². The van der Waals surface area contributed by atoms with E-state index in [9.17, 15) is 8.42 Å². The quantitative estimate of drug-likeness (QED) is 0.804. The lowest BCUT2D eigenvalue weighted by Crippen LogP contribution is -2.23. The monoisotopic (exact) mass is 302 g/mol. The van der Waals surface area contributed by atoms with Crippen molar-refractivity contribution in [2.45, 2.75) is 18.4 Å². The molecule has 0 bridgehead atoms. The summed E-state index contributed by atoms with van der Waals surface area (Å²) in [6, 6.07) is 12.6. The summed E-state index contributed by atoms with van der Waals surface area (Å²) in [4.78, 5) is 0.273. The van der Waals surface area contributed by atoms with Crippen LogP contribution < -0.4 is 4.72 Å². The van der Waals surface area contributed by atoms with Crippen LogP contribution in [0.1, 0.15) is 11.3 Å². The minimum absolute atomic E-state index is 0.154. The molecule has 0 aliphatic rings. The molecule has 0 amide bonds. The number of nitrogens with one attached hydrogen (secondary N) is 1. The lowest BCUT2D eigenvalue weighted by molar-refractivity contribution is 0.396. The topological polar surface area (TPSA) is 72.2 Å². The van der Waals surface area contributed by atoms with Crippen molar-refractivity contribution in [1.82, 2.24) is 9.88 Å². The molecule has 1 heterocycles. The van der Waals surface area contributed by atoms with Gasteiger partial charge in [0.1, 0.15) is 5.76 Å². The predicted octanol–water partition coefficient (Wildman–Crippen LogP) is 2.61. The minimum Gasteiger partial charge on any atom is -0.361 e. The van der Waals surface area contributed by atoms with Gasteiger partial charge in [-0.25, -0.2) is 13.1 Å². The van der Waals surface area contributed by atoms with Crippen LogP contribution >= 0.6 is 0 Å². The zero-order chi connectivity index (χ0) is 14.9. The second-order valence-electron chi connectivity index (χ2n) is 4.71. The van der Waals surface area contributed by atoms with Gasteiger partial charge in [0.2, 0.25) is 10.0 Å². The number of nitrogens with zero attached hydrogens (tertiary/aromatic N) is 1. The van der Waals surface area contributed by atoms with Gasteiger partial charge in [-0.1, -0.05) is 41.6 Å². The number of rotatable bonds is 4. The summed E-state index contributed by atoms with van der Waals surface area (Å²) in [5, 5.41) is 5.23. The van der Waals surface area contributed by atoms with Crippen LogP contribution in [0.4, 0.5) is 0 Å². The first-order valence-electron chi connectivity index (χ1n) is 6.45. The highest BCUT2D eigenvalue weighted by atomic mass is 32.2. The van der Waals surface area contributed by atoms with Crippen molar-refractivity contribution < 1.29 is 12.9 Å². The second kappa shape index (κ2) is 5.31. The van der Waals surface area contributed by atoms with Crippen LogP contribution in [0.15, 0.2) is 58.1 Å². The normalized spacial score (nSPS) is 11.9. The van der Waals surface area contributed by atoms with Gasteiger partial charge in [-0.15, -0.1) is 0 Å². The maximum Gasteiger partial charge on any atom is 0.241 e. The molecule has 5 nitrogen and oxygen atoms in total. The molecule has 3 rings (SSSR count). The smallest absolute Gasteiger partial charge is 0.241 e. The molecule has 21 heavy (non-hydrogen) atoms. The van der Waals surface area contributed by atoms with Crippen LogP contribution in [-0.4, -0.2) is 13.6 Å². The van der Waals surface area contributed by atoms with Gasteiger partial charge in [0, 0.05) is 17.5 Å². The number of aryl methyl sites for hydroxylation is 1. The Morgan fingerprint density at radius 3 is 2.67 bits per heavy atom. The zero-order valence-corrected chi connectivity index (χ0v) is 12.2. The molecule has 0 spiro atoms. The van der Waals surface area contributed by atoms with Gasteiger partial charge in [0.05, 0.1) is 11.1 Å². The van der Waals surface area contributed by atoms with Crippen LogP contribution in [0.5, 0.6) is 0 Å². The van der Waals surface area contributed by atoms with E-state index < -0.39 is 10.0 Å². The summed E-state index contributed by atoms with van der Waals surface area (Å²) in [5.74, 6) is 0.607. The van der Waals surface area contributed by atoms with Crippen LogP contribution in [0.3, 0.4) is 0 Å². The maximum absolute atomic E-state index is 12.5. The lowest BCUT2D eigenvalue weighted by Gasteiger charge is -2.09. The average Bonchev–Trinajstić information content (AvgIpc) is 2.90. The third-order valence-electron chi connectivity index (χ3n) is 3.34. The summed E-state index contributed by atoms with van der Waals surface area (Å²) in [6.45, 7) is 1.90. The van der Waals surface area contributed by atoms with E-state index in [4.69, 9.17) is 4.52 Å². The third kappa shape index (κ3) is 2.68. The van der Waals surface area contributed by atoms with Crippen LogP contribution in [0.25, 0.3) is 10.8 Å². The summed E-state index contributed by atoms with van der Waals surface area (Å²) in [6.07, 6.45) is 1.51. The van der Waals surface area contributed by atoms with E-state index in [1.807, 2.05) is 24.3 Å². The molecule has 0 saturated heterocycles. The summed E-state index contributed by atoms with van der Waals surface area (Å²) in [7, 11) is -3.60. The van der Waals surface area contributed by atoms with Crippen molar-refractivity contribution in [1.29, 1.82) is 0 Å². The molecule has 2 aromatic carbocycles. The molecule has 3 aromatic rings. The fourth-order valence-electron chi connectivity index (χ4n) is 2.17. The Morgan fingerprint density at radius 1 is 1.14 bits per heavy atom. The number of benzene rings is 2. The van der Waals surface area contributed by atoms with Crippen molar-refractivity contribution >= 4 is 20.8 Å². The van der Waals surface area contributed by atoms with Crippen molar-refractivity contribution in [2.24, 2.45) is 0 Å². The Balaban J connectivity index is 1.95. The molecule has 0 aliphatic heterocycles. The molecule has 108 valence electrons. The van der Waals surface area contributed by atoms with E-state index in [0.717, 1.165) is 10.9 Å². The highest BCUT2D eigenvalue weighted by Crippen LogP contribution is 2.22. The Bertz CT molecular complexity index is 879. The lowest BCUT2D eigenvalue weighted by atomic mass is 10.1. The van der Waals surface area contributed by atoms with Crippen LogP contribution in [-0.2, 0) is 16.6 Å². The second-order valence-corrected chi connectivity index (χ2v) is 6.44. The van der Waals surface area contributed by atoms with Gasteiger partial charge in [0.15, 0.2) is 0 Å². The first-order chi connectivity index (χ1) is 10.1. The van der Waals surface area contributed by atoms with E-state index in [0.29, 0.717) is 11.1 Å². The highest BCUT2D eigenvalue weighted by molar-refractivity contribution is 7.89. The van der Waals surface area contributed by atoms with Gasteiger partial charge in [0.25, 0.3) is 0 Å². The minimum atomic E-state index is -3.60. The van der Waals surface area contributed by atoms with Crippen LogP contribution in [0, 0.1) is 6.92 Å². The Labute approximate surface area is 122 Å². The Hall–Kier alpha value is -2.18. The molecule has 6 heteroatoms. The van der Waals surface area contributed by atoms with Gasteiger partial charge in [-0.3, -0.25) is 0 Å². The van der Waals surface area contributed by atoms with E-state index in [-0.39, 0.29) is 11.4 Å². The predicted molar refractivity (Wildman–Crippen MR) is 79.2 cm³/mol. The molecule has 0 fully saturated rings. The Morgan fingerprint density at radius 2 is 1.90 bits per heavy atom. The molecule has 0 radical (unpaired) electrons. The molecular weight excluding hydrogens is 288 g/mol. The number of hydrogen-bond acceptors (Lipinski definition) is 4. The fourth-order valence-corrected chi connectivity index (χ4v) is 3.40. The zero-order valence-electron chi connectivity index (χ0n) is 11.4. The van der Waals surface area contributed by atoms with Gasteiger partial charge in [-0.05, 0) is 18.4 Å². The van der Waals surface area contributed by atoms with Gasteiger partial charge in [-0.2, -0.15) is 0 Å². The Kier molecular flexibility index (Phi) is 3.48. The first kappa shape index (κ1) is 13.8. The molecule has 0 saturated carbocycles. The standard InChI is InChI=1S/C15H14N2O3S/c1-11-13(9-16-20-11)10-17-21(18,19)15-8-4-6-12-5-2-3-7-14(12)15/h2-9,17H,10H2,1H3. The summed E-state index contributed by atoms with van der Waals surface area (Å²) in [5.41, 5.74) is 0.721. The van der Waals surface area contributed by atoms with E-state index >= 15 is 0 Å². The molecule has 1 aromatic heterocycles. The van der Waals surface area contributed by atoms with Gasteiger partial charge >= 0.3 is 0 Å². The number of sulfonamides is 1. The summed E-state index contributed by atoms with van der Waals surface area (Å²) < 4.78 is 32.5. The number of hydrogen-bond donors (Lipinski definition) is 1. The van der Waals surface area contributed by atoms with E-state index in [2.05, 4.69) is 9.88 Å². The maximum atomic E-state index is 12.5. The SMILES string of the molecule is Cc1oncc1CNS(=O)(=O)c1cccc2ccccc12. The third-order valence-corrected chi connectivity index (χ3v) is 4.80. The van der Waals surface area contributed by atoms with Crippen molar-refractivity contribution in [3.05, 3.63) is 60.0 Å². The first-order valence-corrected chi connectivity index (χ1v) is 7.94. The fraction of sp³-hybridized carbons (Fsp3) is 0.133. The van der Waals surface area contributed by atoms with E-state index in [1.54, 1.807) is 25.1 Å². The summed E-state index contributed by atoms with van der Waals surface area (Å²) >= 11 is 0. The van der Waals surface area contributed by atoms with Crippen molar-refractivity contribution in [2.75, 3.05) is 0 Å². The number of aromatic nitrogens is 1. The van der Waals surface area contributed by atoms with Gasteiger partial charge < -0.3 is 4.52 Å². The highest BCUT2D eigenvalue weighted by Gasteiger charge is 2.17. The van der Waals surface area contributed by atoms with Crippen LogP contribution in [0.2, 0.25) is 0 Å². The largest absolute Gasteiger partial charge is 0.361 e. The van der Waals surface area contributed by atoms with Crippen molar-refractivity contribution in [3.63, 3.8) is 0 Å². The molecule has 0 atom stereocenters. The van der Waals surface area contributed by atoms with E-state index in [1.165, 1.54) is 6.20 Å². The number of fused-ring (bicyclic) bond motifs is 1. The average molecular weight is 302 g/mol.